The van der Waals surface area contributed by atoms with Gasteiger partial charge in [0.1, 0.15) is 11.4 Å². The molecule has 1 aliphatic carbocycles. The van der Waals surface area contributed by atoms with E-state index in [1.54, 1.807) is 18.2 Å². The van der Waals surface area contributed by atoms with Gasteiger partial charge in [0.2, 0.25) is 18.8 Å². The van der Waals surface area contributed by atoms with E-state index in [-0.39, 0.29) is 64.8 Å². The normalized spacial score (nSPS) is 19.8. The number of carboxylic acids is 1. The van der Waals surface area contributed by atoms with Gasteiger partial charge in [-0.1, -0.05) is 49.2 Å². The molecule has 2 saturated heterocycles. The van der Waals surface area contributed by atoms with Crippen LogP contribution in [-0.2, 0) is 14.0 Å². The number of carboxylic acid groups (broad SMARTS) is 1. The van der Waals surface area contributed by atoms with Crippen LogP contribution in [0, 0.1) is 17.5 Å². The first-order chi connectivity index (χ1) is 29.1. The Labute approximate surface area is 351 Å². The Morgan fingerprint density at radius 2 is 1.51 bits per heavy atom. The molecule has 7 rings (SSSR count). The highest BCUT2D eigenvalue weighted by molar-refractivity contribution is 7.83. The number of ether oxygens (including phenoxy) is 2. The van der Waals surface area contributed by atoms with Gasteiger partial charge in [-0.15, -0.1) is 11.6 Å². The Morgan fingerprint density at radius 1 is 0.836 bits per heavy atom. The highest BCUT2D eigenvalue weighted by atomic mass is 35.5. The van der Waals surface area contributed by atoms with Gasteiger partial charge in [0, 0.05) is 69.5 Å². The molecule has 9 nitrogen and oxygen atoms in total. The topological polar surface area (TPSA) is 111 Å². The summed E-state index contributed by atoms with van der Waals surface area (Å²) in [4.78, 5) is 27.4. The summed E-state index contributed by atoms with van der Waals surface area (Å²) in [5.41, 5.74) is -4.59. The van der Waals surface area contributed by atoms with Crippen LogP contribution in [0.2, 0.25) is 0 Å². The summed E-state index contributed by atoms with van der Waals surface area (Å²) in [6, 6.07) is 11.8. The largest absolute Gasteiger partial charge is 0.545 e. The lowest BCUT2D eigenvalue weighted by molar-refractivity contribution is -0.638. The summed E-state index contributed by atoms with van der Waals surface area (Å²) in [7, 11) is -4.23. The number of nitrogens with zero attached hydrogens (tertiary/aromatic N) is 2. The number of nitrogens with one attached hydrogen (secondary N) is 1. The molecular formula is C43H40ClF7N3O6P. The molecule has 0 saturated carbocycles. The van der Waals surface area contributed by atoms with E-state index in [0.717, 1.165) is 25.7 Å². The maximum Gasteiger partial charge on any atom is 0.361 e. The van der Waals surface area contributed by atoms with Crippen LogP contribution < -0.4 is 25.9 Å². The summed E-state index contributed by atoms with van der Waals surface area (Å²) in [5.74, 6) is -15.3. The number of benzene rings is 3. The van der Waals surface area contributed by atoms with Gasteiger partial charge in [-0.3, -0.25) is 4.79 Å². The summed E-state index contributed by atoms with van der Waals surface area (Å²) >= 11 is 5.67. The molecule has 0 radical (unpaired) electrons. The second-order valence-electron chi connectivity index (χ2n) is 15.1. The zero-order valence-electron chi connectivity index (χ0n) is 32.6. The molecule has 0 bridgehead atoms. The van der Waals surface area contributed by atoms with Gasteiger partial charge in [-0.05, 0) is 42.2 Å². The maximum atomic E-state index is 17.1. The van der Waals surface area contributed by atoms with Crippen LogP contribution in [0.4, 0.5) is 36.4 Å². The van der Waals surface area contributed by atoms with Crippen molar-refractivity contribution in [3.05, 3.63) is 117 Å². The SMILES string of the molecule is O=C(NCCOCCOCCCCCCCl)c1c(F)c(F)c(C(=O)[O-])c(C2=C3C=CC(=[N+]4CC(F)(F)C4)C=C3P(=O)(c3ccccc3)c3cc(N4CC(F)(F)C4)ccc32)c1F. The van der Waals surface area contributed by atoms with Crippen molar-refractivity contribution >= 4 is 58.2 Å². The van der Waals surface area contributed by atoms with Gasteiger partial charge in [0.15, 0.2) is 18.8 Å². The maximum absolute atomic E-state index is 17.1. The first kappa shape index (κ1) is 44.3. The number of carbonyl (C=O) groups excluding carboxylic acids is 2. The second-order valence-corrected chi connectivity index (χ2v) is 18.2. The Bertz CT molecular complexity index is 2410. The Hall–Kier alpha value is -4.76. The molecule has 3 aromatic carbocycles. The van der Waals surface area contributed by atoms with E-state index in [4.69, 9.17) is 21.1 Å². The Kier molecular flexibility index (Phi) is 13.0. The van der Waals surface area contributed by atoms with Gasteiger partial charge >= 0.3 is 5.92 Å². The monoisotopic (exact) mass is 893 g/mol. The summed E-state index contributed by atoms with van der Waals surface area (Å²) < 4.78 is 134. The molecule has 0 aromatic heterocycles. The zero-order chi connectivity index (χ0) is 43.7. The van der Waals surface area contributed by atoms with E-state index in [1.165, 1.54) is 58.0 Å². The van der Waals surface area contributed by atoms with Crippen molar-refractivity contribution in [2.75, 3.05) is 69.9 Å². The molecule has 1 atom stereocenters. The molecule has 2 fully saturated rings. The van der Waals surface area contributed by atoms with Crippen LogP contribution >= 0.6 is 18.7 Å². The lowest BCUT2D eigenvalue weighted by Gasteiger charge is -2.41. The molecule has 3 aromatic rings. The molecule has 1 N–H and O–H groups in total. The summed E-state index contributed by atoms with van der Waals surface area (Å²) in [6.07, 6.45) is 7.65. The van der Waals surface area contributed by atoms with Gasteiger partial charge in [-0.25, -0.2) is 26.5 Å². The molecule has 18 heteroatoms. The molecule has 324 valence electrons. The van der Waals surface area contributed by atoms with Crippen molar-refractivity contribution < 1.29 is 64.0 Å². The molecular weight excluding hydrogens is 854 g/mol. The smallest absolute Gasteiger partial charge is 0.361 e. The molecule has 1 unspecified atom stereocenters. The van der Waals surface area contributed by atoms with E-state index >= 15 is 17.7 Å². The van der Waals surface area contributed by atoms with Crippen LogP contribution in [0.5, 0.6) is 0 Å². The highest BCUT2D eigenvalue weighted by Crippen LogP contribution is 2.62. The third kappa shape index (κ3) is 8.82. The van der Waals surface area contributed by atoms with Crippen molar-refractivity contribution in [1.82, 2.24) is 5.32 Å². The van der Waals surface area contributed by atoms with Crippen LogP contribution in [-0.4, -0.2) is 99.0 Å². The van der Waals surface area contributed by atoms with E-state index < -0.39 is 96.8 Å². The molecule has 61 heavy (non-hydrogen) atoms. The minimum absolute atomic E-state index is 0.119. The number of alkyl halides is 5. The number of halogens is 8. The third-order valence-corrected chi connectivity index (χ3v) is 14.2. The molecule has 0 spiro atoms. The average Bonchev–Trinajstić information content (AvgIpc) is 3.21. The first-order valence-corrected chi connectivity index (χ1v) is 21.8. The number of anilines is 1. The number of carbonyl (C=O) groups is 2. The fraction of sp³-hybridized carbons (Fsp3) is 0.372. The Morgan fingerprint density at radius 3 is 2.16 bits per heavy atom. The van der Waals surface area contributed by atoms with Crippen molar-refractivity contribution in [1.29, 1.82) is 0 Å². The molecule has 4 aliphatic rings. The van der Waals surface area contributed by atoms with Crippen molar-refractivity contribution in [2.24, 2.45) is 0 Å². The Balaban J connectivity index is 1.31. The number of unbranched alkanes of at least 4 members (excludes halogenated alkanes) is 3. The molecule has 1 amide bonds. The summed E-state index contributed by atoms with van der Waals surface area (Å²) in [6.45, 7) is -2.33. The number of hydrogen-bond acceptors (Lipinski definition) is 7. The predicted molar refractivity (Wildman–Crippen MR) is 214 cm³/mol. The predicted octanol–water partition coefficient (Wildman–Crippen LogP) is 6.17. The van der Waals surface area contributed by atoms with Crippen LogP contribution in [0.15, 0.2) is 77.6 Å². The van der Waals surface area contributed by atoms with Crippen LogP contribution in [0.1, 0.15) is 57.5 Å². The third-order valence-electron chi connectivity index (χ3n) is 10.8. The second kappa shape index (κ2) is 17.9. The number of allylic oxidation sites excluding steroid dienone is 5. The van der Waals surface area contributed by atoms with E-state index in [2.05, 4.69) is 5.32 Å². The summed E-state index contributed by atoms with van der Waals surface area (Å²) in [5, 5.41) is 14.9. The van der Waals surface area contributed by atoms with Gasteiger partial charge in [-0.2, -0.15) is 8.78 Å². The zero-order valence-corrected chi connectivity index (χ0v) is 34.2. The van der Waals surface area contributed by atoms with Crippen molar-refractivity contribution in [2.45, 2.75) is 37.5 Å². The van der Waals surface area contributed by atoms with Crippen LogP contribution in [0.25, 0.3) is 5.57 Å². The van der Waals surface area contributed by atoms with Crippen molar-refractivity contribution in [3.8, 4) is 0 Å². The number of aromatic carboxylic acids is 1. The number of hydrogen-bond donors (Lipinski definition) is 1. The number of rotatable bonds is 17. The van der Waals surface area contributed by atoms with Gasteiger partial charge in [0.05, 0.1) is 38.9 Å². The van der Waals surface area contributed by atoms with E-state index in [1.807, 2.05) is 0 Å². The average molecular weight is 894 g/mol. The fourth-order valence-corrected chi connectivity index (χ4v) is 11.1. The lowest BCUT2D eigenvalue weighted by atomic mass is 9.85. The van der Waals surface area contributed by atoms with Gasteiger partial charge < -0.3 is 34.2 Å². The van der Waals surface area contributed by atoms with Gasteiger partial charge in [0.25, 0.3) is 11.8 Å². The fourth-order valence-electron chi connectivity index (χ4n) is 7.81. The highest BCUT2D eigenvalue weighted by Gasteiger charge is 2.52. The lowest BCUT2D eigenvalue weighted by Crippen LogP contribution is -2.56. The van der Waals surface area contributed by atoms with Crippen LogP contribution in [0.3, 0.4) is 0 Å². The molecule has 3 aliphatic heterocycles. The minimum atomic E-state index is -4.23. The first-order valence-electron chi connectivity index (χ1n) is 19.6. The minimum Gasteiger partial charge on any atom is -0.545 e. The number of amides is 1. The standard InChI is InChI=1S/C43H40ClF7N3O6P/c44-14-6-1-2-7-16-59-18-19-60-17-15-52-40(55)36-37(45)34(35(41(56)57)38(46)39(36)47)33-29-12-10-26(53-22-42(48,49)23-53)20-31(29)61(58,28-8-4-3-5-9-28)32-21-27(11-13-30(32)33)54-24-43(50,51)25-54/h3-5,8-13,20-21H,1-2,6-7,14-19,22-25H2,(H-,52,55,56,57). The van der Waals surface area contributed by atoms with E-state index in [0.29, 0.717) is 12.5 Å². The quantitative estimate of drug-likeness (QED) is 0.0432. The van der Waals surface area contributed by atoms with Crippen molar-refractivity contribution in [3.63, 3.8) is 0 Å². The molecule has 3 heterocycles. The number of fused-ring (bicyclic) bond motifs is 2. The van der Waals surface area contributed by atoms with E-state index in [9.17, 15) is 32.3 Å².